The van der Waals surface area contributed by atoms with Gasteiger partial charge in [0.2, 0.25) is 0 Å². The molecule has 0 aliphatic carbocycles. The number of ether oxygens (including phenoxy) is 1. The molecule has 4 nitrogen and oxygen atoms in total. The molecule has 1 heterocycles. The van der Waals surface area contributed by atoms with Gasteiger partial charge in [-0.05, 0) is 43.8 Å². The summed E-state index contributed by atoms with van der Waals surface area (Å²) in [5, 5.41) is 0.641. The van der Waals surface area contributed by atoms with E-state index in [2.05, 4.69) is 4.98 Å². The maximum atomic E-state index is 11.7. The Hall–Kier alpha value is -1.33. The summed E-state index contributed by atoms with van der Waals surface area (Å²) in [4.78, 5) is 14.7. The monoisotopic (exact) mass is 284 g/mol. The van der Waals surface area contributed by atoms with Gasteiger partial charge in [0.1, 0.15) is 6.04 Å². The smallest absolute Gasteiger partial charge is 0.328 e. The Kier molecular flexibility index (Phi) is 3.45. The first-order valence-corrected chi connectivity index (χ1v) is 6.23. The molecule has 96 valence electrons. The van der Waals surface area contributed by atoms with Crippen LogP contribution in [0.3, 0.4) is 0 Å². The van der Waals surface area contributed by atoms with Crippen LogP contribution in [0.1, 0.15) is 18.5 Å². The van der Waals surface area contributed by atoms with E-state index in [1.165, 1.54) is 7.11 Å². The van der Waals surface area contributed by atoms with Gasteiger partial charge in [0.05, 0.1) is 18.1 Å². The highest BCUT2D eigenvalue weighted by Crippen LogP contribution is 2.27. The summed E-state index contributed by atoms with van der Waals surface area (Å²) in [7, 11) is 1.36. The average molecular weight is 285 g/mol. The molecule has 1 atom stereocenters. The van der Waals surface area contributed by atoms with E-state index in [0.717, 1.165) is 16.6 Å². The molecular weight excluding hydrogens is 272 g/mol. The van der Waals surface area contributed by atoms with Gasteiger partial charge in [0, 0.05) is 5.02 Å². The molecule has 1 aromatic carbocycles. The van der Waals surface area contributed by atoms with Crippen LogP contribution in [0.5, 0.6) is 0 Å². The molecule has 6 heteroatoms. The molecule has 2 rings (SSSR count). The normalized spacial score (nSPS) is 12.7. The topological polar surface area (TPSA) is 47.0 Å². The predicted molar refractivity (Wildman–Crippen MR) is 73.6 cm³/mol. The summed E-state index contributed by atoms with van der Waals surface area (Å²) in [5.74, 6) is -0.341. The van der Waals surface area contributed by atoms with Gasteiger partial charge in [-0.15, -0.1) is 0 Å². The number of imidazole rings is 1. The molecule has 0 radical (unpaired) electrons. The van der Waals surface area contributed by atoms with E-state index in [1.807, 2.05) is 13.0 Å². The summed E-state index contributed by atoms with van der Waals surface area (Å²) < 4.78 is 6.97. The van der Waals surface area contributed by atoms with Crippen LogP contribution < -0.4 is 0 Å². The lowest BCUT2D eigenvalue weighted by molar-refractivity contribution is -0.143. The highest BCUT2D eigenvalue weighted by Gasteiger charge is 2.20. The zero-order valence-electron chi connectivity index (χ0n) is 10.3. The lowest BCUT2D eigenvalue weighted by atomic mass is 10.2. The number of hydrogen-bond acceptors (Lipinski definition) is 3. The van der Waals surface area contributed by atoms with Gasteiger partial charge in [-0.25, -0.2) is 4.79 Å². The van der Waals surface area contributed by atoms with E-state index in [9.17, 15) is 4.79 Å². The molecule has 0 bridgehead atoms. The first-order valence-electron chi connectivity index (χ1n) is 5.44. The number of hydrogen-bond donors (Lipinski definition) is 1. The summed E-state index contributed by atoms with van der Waals surface area (Å²) in [6.07, 6.45) is 0. The molecule has 1 unspecified atom stereocenters. The van der Waals surface area contributed by atoms with Crippen LogP contribution in [-0.2, 0) is 9.53 Å². The average Bonchev–Trinajstić information content (AvgIpc) is 2.69. The first-order chi connectivity index (χ1) is 8.47. The Labute approximate surface area is 115 Å². The third kappa shape index (κ3) is 1.93. The van der Waals surface area contributed by atoms with Crippen molar-refractivity contribution in [1.29, 1.82) is 0 Å². The number of rotatable bonds is 2. The minimum Gasteiger partial charge on any atom is -0.467 e. The van der Waals surface area contributed by atoms with Crippen molar-refractivity contribution in [3.05, 3.63) is 27.5 Å². The third-order valence-electron chi connectivity index (χ3n) is 3.00. The number of aromatic nitrogens is 2. The van der Waals surface area contributed by atoms with E-state index >= 15 is 0 Å². The largest absolute Gasteiger partial charge is 0.467 e. The van der Waals surface area contributed by atoms with Gasteiger partial charge in [0.15, 0.2) is 4.77 Å². The lowest BCUT2D eigenvalue weighted by Gasteiger charge is -2.13. The molecular formula is C12H13ClN2O2S. The lowest BCUT2D eigenvalue weighted by Crippen LogP contribution is -2.18. The molecule has 1 N–H and O–H groups in total. The van der Waals surface area contributed by atoms with Gasteiger partial charge in [-0.3, -0.25) is 0 Å². The van der Waals surface area contributed by atoms with Gasteiger partial charge >= 0.3 is 5.97 Å². The summed E-state index contributed by atoms with van der Waals surface area (Å²) in [6.45, 7) is 3.64. The second-order valence-electron chi connectivity index (χ2n) is 4.07. The number of aromatic amines is 1. The molecule has 2 aromatic rings. The fraction of sp³-hybridized carbons (Fsp3) is 0.333. The predicted octanol–water partition coefficient (Wildman–Crippen LogP) is 3.39. The van der Waals surface area contributed by atoms with Crippen LogP contribution in [-0.4, -0.2) is 22.6 Å². The molecule has 0 saturated heterocycles. The highest BCUT2D eigenvalue weighted by molar-refractivity contribution is 7.71. The molecule has 0 spiro atoms. The van der Waals surface area contributed by atoms with Gasteiger partial charge in [0.25, 0.3) is 0 Å². The van der Waals surface area contributed by atoms with E-state index in [0.29, 0.717) is 9.79 Å². The van der Waals surface area contributed by atoms with Crippen molar-refractivity contribution in [2.75, 3.05) is 7.11 Å². The van der Waals surface area contributed by atoms with Crippen molar-refractivity contribution in [2.45, 2.75) is 19.9 Å². The highest BCUT2D eigenvalue weighted by atomic mass is 35.5. The Bertz CT molecular complexity index is 675. The summed E-state index contributed by atoms with van der Waals surface area (Å²) >= 11 is 11.4. The van der Waals surface area contributed by atoms with Crippen molar-refractivity contribution in [3.63, 3.8) is 0 Å². The maximum Gasteiger partial charge on any atom is 0.328 e. The minimum absolute atomic E-state index is 0.341. The molecule has 0 aliphatic heterocycles. The van der Waals surface area contributed by atoms with Crippen LogP contribution >= 0.6 is 23.8 Å². The van der Waals surface area contributed by atoms with Crippen LogP contribution in [0.2, 0.25) is 5.02 Å². The second-order valence-corrected chi connectivity index (χ2v) is 4.86. The van der Waals surface area contributed by atoms with Crippen molar-refractivity contribution < 1.29 is 9.53 Å². The molecule has 18 heavy (non-hydrogen) atoms. The Morgan fingerprint density at radius 3 is 2.83 bits per heavy atom. The quantitative estimate of drug-likeness (QED) is 0.679. The number of methoxy groups -OCH3 is 1. The Morgan fingerprint density at radius 2 is 2.22 bits per heavy atom. The van der Waals surface area contributed by atoms with Crippen molar-refractivity contribution in [3.8, 4) is 0 Å². The van der Waals surface area contributed by atoms with Gasteiger partial charge < -0.3 is 14.3 Å². The number of esters is 1. The number of nitrogens with zero attached hydrogens (tertiary/aromatic N) is 1. The number of nitrogens with one attached hydrogen (secondary N) is 1. The van der Waals surface area contributed by atoms with E-state index in [-0.39, 0.29) is 5.97 Å². The van der Waals surface area contributed by atoms with Crippen LogP contribution in [0.25, 0.3) is 11.0 Å². The zero-order chi connectivity index (χ0) is 13.4. The number of halogens is 1. The molecule has 0 fully saturated rings. The fourth-order valence-electron chi connectivity index (χ4n) is 2.01. The Morgan fingerprint density at radius 1 is 1.56 bits per heavy atom. The van der Waals surface area contributed by atoms with Crippen molar-refractivity contribution in [1.82, 2.24) is 9.55 Å². The number of aryl methyl sites for hydroxylation is 1. The van der Waals surface area contributed by atoms with Gasteiger partial charge in [-0.2, -0.15) is 0 Å². The molecule has 0 saturated carbocycles. The molecule has 0 amide bonds. The fourth-order valence-corrected chi connectivity index (χ4v) is 2.52. The van der Waals surface area contributed by atoms with Crippen molar-refractivity contribution >= 4 is 40.8 Å². The first kappa shape index (κ1) is 13.1. The van der Waals surface area contributed by atoms with Crippen molar-refractivity contribution in [2.24, 2.45) is 0 Å². The zero-order valence-corrected chi connectivity index (χ0v) is 11.9. The Balaban J connectivity index is 2.78. The van der Waals surface area contributed by atoms with Crippen LogP contribution in [0.4, 0.5) is 0 Å². The van der Waals surface area contributed by atoms with Crippen LogP contribution in [0, 0.1) is 11.7 Å². The van der Waals surface area contributed by atoms with E-state index < -0.39 is 6.04 Å². The molecule has 1 aromatic heterocycles. The minimum atomic E-state index is -0.492. The second kappa shape index (κ2) is 4.74. The van der Waals surface area contributed by atoms with Crippen LogP contribution in [0.15, 0.2) is 12.1 Å². The third-order valence-corrected chi connectivity index (χ3v) is 3.70. The number of carbonyl (C=O) groups excluding carboxylic acids is 1. The van der Waals surface area contributed by atoms with E-state index in [4.69, 9.17) is 28.6 Å². The number of fused-ring (bicyclic) bond motifs is 1. The number of benzene rings is 1. The number of H-pyrrole nitrogens is 1. The number of carbonyl (C=O) groups is 1. The van der Waals surface area contributed by atoms with Gasteiger partial charge in [-0.1, -0.05) is 11.6 Å². The standard InChI is InChI=1S/C12H13ClN2O2S/c1-6-8(13)4-5-9-10(6)15(12(18)14-9)7(2)11(16)17-3/h4-5,7H,1-3H3,(H,14,18). The maximum absolute atomic E-state index is 11.7. The summed E-state index contributed by atoms with van der Waals surface area (Å²) in [5.41, 5.74) is 2.58. The SMILES string of the molecule is COC(=O)C(C)n1c(=S)[nH]c2ccc(Cl)c(C)c21. The van der Waals surface area contributed by atoms with E-state index in [1.54, 1.807) is 17.6 Å². The summed E-state index contributed by atoms with van der Waals surface area (Å²) in [6, 6.07) is 3.16. The molecule has 0 aliphatic rings.